The first-order valence-corrected chi connectivity index (χ1v) is 10.4. The molecule has 31 heavy (non-hydrogen) atoms. The number of methoxy groups -OCH3 is 1. The van der Waals surface area contributed by atoms with E-state index in [4.69, 9.17) is 4.74 Å². The van der Waals surface area contributed by atoms with Crippen molar-refractivity contribution >= 4 is 28.8 Å². The van der Waals surface area contributed by atoms with Crippen molar-refractivity contribution in [1.82, 2.24) is 9.80 Å². The van der Waals surface area contributed by atoms with Gasteiger partial charge in [0.05, 0.1) is 18.4 Å². The normalized spacial score (nSPS) is 17.5. The van der Waals surface area contributed by atoms with E-state index in [-0.39, 0.29) is 11.8 Å². The van der Waals surface area contributed by atoms with E-state index in [0.29, 0.717) is 35.8 Å². The van der Waals surface area contributed by atoms with E-state index < -0.39 is 0 Å². The van der Waals surface area contributed by atoms with E-state index in [0.717, 1.165) is 24.3 Å². The number of hydrogen-bond donors (Lipinski definition) is 0. The molecule has 7 heteroatoms. The minimum Gasteiger partial charge on any atom is -0.497 e. The fraction of sp³-hybridized carbons (Fsp3) is 0.333. The largest absolute Gasteiger partial charge is 0.497 e. The van der Waals surface area contributed by atoms with Gasteiger partial charge in [0, 0.05) is 46.0 Å². The van der Waals surface area contributed by atoms with E-state index in [1.54, 1.807) is 7.11 Å². The van der Waals surface area contributed by atoms with Gasteiger partial charge in [0.2, 0.25) is 0 Å². The van der Waals surface area contributed by atoms with Crippen molar-refractivity contribution in [3.8, 4) is 5.75 Å². The molecule has 2 heterocycles. The summed E-state index contributed by atoms with van der Waals surface area (Å²) in [6.45, 7) is 3.10. The average molecular weight is 421 g/mol. The molecule has 0 unspecified atom stereocenters. The van der Waals surface area contributed by atoms with E-state index >= 15 is 0 Å². The topological polar surface area (TPSA) is 56.3 Å². The van der Waals surface area contributed by atoms with Gasteiger partial charge in [-0.1, -0.05) is 12.1 Å². The molecule has 162 valence electrons. The van der Waals surface area contributed by atoms with E-state index in [2.05, 4.69) is 11.9 Å². The van der Waals surface area contributed by atoms with Crippen molar-refractivity contribution in [2.75, 3.05) is 64.2 Å². The van der Waals surface area contributed by atoms with Gasteiger partial charge < -0.3 is 19.4 Å². The Hall–Kier alpha value is -3.32. The first-order valence-electron chi connectivity index (χ1n) is 10.4. The molecule has 2 aromatic carbocycles. The molecule has 1 fully saturated rings. The van der Waals surface area contributed by atoms with Gasteiger partial charge in [-0.2, -0.15) is 0 Å². The van der Waals surface area contributed by atoms with Crippen molar-refractivity contribution in [3.63, 3.8) is 0 Å². The number of carbonyl (C=O) groups is 2. The molecule has 0 N–H and O–H groups in total. The Kier molecular flexibility index (Phi) is 5.69. The molecule has 0 atom stereocenters. The molecule has 0 aromatic heterocycles. The molecule has 0 bridgehead atoms. The Morgan fingerprint density at radius 1 is 0.839 bits per heavy atom. The smallest absolute Gasteiger partial charge is 0.282 e. The zero-order valence-electron chi connectivity index (χ0n) is 18.5. The van der Waals surface area contributed by atoms with Crippen LogP contribution in [0.2, 0.25) is 0 Å². The molecule has 1 saturated heterocycles. The molecule has 0 saturated carbocycles. The van der Waals surface area contributed by atoms with Gasteiger partial charge in [0.15, 0.2) is 0 Å². The summed E-state index contributed by atoms with van der Waals surface area (Å²) in [5.41, 5.74) is 3.25. The standard InChI is InChI=1S/C24H28N4O3/c1-25(2)18-7-9-19(10-8-18)28-23(29)21(17-5-11-20(31-4)12-6-17)22(24(28)30)27-15-13-26(3)14-16-27/h5-12H,13-16H2,1-4H3. The average Bonchev–Trinajstić information content (AvgIpc) is 3.04. The fourth-order valence-electron chi connectivity index (χ4n) is 3.99. The van der Waals surface area contributed by atoms with Gasteiger partial charge in [0.1, 0.15) is 11.4 Å². The van der Waals surface area contributed by atoms with Gasteiger partial charge in [0.25, 0.3) is 11.8 Å². The quantitative estimate of drug-likeness (QED) is 0.692. The Balaban J connectivity index is 1.76. The lowest BCUT2D eigenvalue weighted by Gasteiger charge is -2.34. The number of hydrogen-bond acceptors (Lipinski definition) is 6. The van der Waals surface area contributed by atoms with Crippen LogP contribution in [0.4, 0.5) is 11.4 Å². The van der Waals surface area contributed by atoms with Crippen molar-refractivity contribution in [2.45, 2.75) is 0 Å². The third-order valence-corrected chi connectivity index (χ3v) is 5.88. The van der Waals surface area contributed by atoms with E-state index in [9.17, 15) is 9.59 Å². The fourth-order valence-corrected chi connectivity index (χ4v) is 3.99. The van der Waals surface area contributed by atoms with Crippen molar-refractivity contribution in [3.05, 3.63) is 59.8 Å². The molecule has 2 aromatic rings. The predicted molar refractivity (Wildman–Crippen MR) is 122 cm³/mol. The number of anilines is 2. The second-order valence-electron chi connectivity index (χ2n) is 8.10. The number of rotatable bonds is 5. The third-order valence-electron chi connectivity index (χ3n) is 5.88. The summed E-state index contributed by atoms with van der Waals surface area (Å²) < 4.78 is 5.26. The Morgan fingerprint density at radius 3 is 2.00 bits per heavy atom. The molecular formula is C24H28N4O3. The summed E-state index contributed by atoms with van der Waals surface area (Å²) >= 11 is 0. The molecule has 0 aliphatic carbocycles. The minimum absolute atomic E-state index is 0.266. The van der Waals surface area contributed by atoms with Crippen LogP contribution in [-0.4, -0.2) is 76.0 Å². The molecule has 2 aliphatic heterocycles. The number of imide groups is 1. The number of amides is 2. The number of carbonyl (C=O) groups excluding carboxylic acids is 2. The van der Waals surface area contributed by atoms with Crippen LogP contribution in [0.5, 0.6) is 5.75 Å². The first kappa shape index (κ1) is 20.9. The highest BCUT2D eigenvalue weighted by molar-refractivity contribution is 6.45. The maximum Gasteiger partial charge on any atom is 0.282 e. The van der Waals surface area contributed by atoms with E-state index in [1.165, 1.54) is 4.90 Å². The van der Waals surface area contributed by atoms with Gasteiger partial charge in [-0.25, -0.2) is 4.90 Å². The Morgan fingerprint density at radius 2 is 1.45 bits per heavy atom. The number of piperazine rings is 1. The maximum atomic E-state index is 13.6. The van der Waals surface area contributed by atoms with Crippen LogP contribution in [0.1, 0.15) is 5.56 Å². The number of ether oxygens (including phenoxy) is 1. The summed E-state index contributed by atoms with van der Waals surface area (Å²) in [7, 11) is 7.58. The van der Waals surface area contributed by atoms with Crippen LogP contribution in [0.15, 0.2) is 54.2 Å². The number of likely N-dealkylation sites (N-methyl/N-ethyl adjacent to an activating group) is 1. The molecular weight excluding hydrogens is 392 g/mol. The van der Waals surface area contributed by atoms with Crippen LogP contribution < -0.4 is 14.5 Å². The summed E-state index contributed by atoms with van der Waals surface area (Å²) in [5.74, 6) is 0.151. The zero-order chi connectivity index (χ0) is 22.1. The minimum atomic E-state index is -0.290. The Labute approximate surface area is 183 Å². The van der Waals surface area contributed by atoms with Gasteiger partial charge in [-0.3, -0.25) is 9.59 Å². The molecule has 0 spiro atoms. The predicted octanol–water partition coefficient (Wildman–Crippen LogP) is 2.29. The molecule has 2 amide bonds. The summed E-state index contributed by atoms with van der Waals surface area (Å²) in [6, 6.07) is 14.8. The summed E-state index contributed by atoms with van der Waals surface area (Å²) in [4.78, 5) is 34.7. The maximum absolute atomic E-state index is 13.6. The highest BCUT2D eigenvalue weighted by atomic mass is 16.5. The van der Waals surface area contributed by atoms with Crippen LogP contribution in [0.3, 0.4) is 0 Å². The van der Waals surface area contributed by atoms with Crippen LogP contribution in [-0.2, 0) is 9.59 Å². The van der Waals surface area contributed by atoms with Gasteiger partial charge in [-0.15, -0.1) is 0 Å². The SMILES string of the molecule is COc1ccc(C2=C(N3CCN(C)CC3)C(=O)N(c3ccc(N(C)C)cc3)C2=O)cc1. The highest BCUT2D eigenvalue weighted by Gasteiger charge is 2.42. The highest BCUT2D eigenvalue weighted by Crippen LogP contribution is 2.36. The third kappa shape index (κ3) is 3.88. The molecule has 4 rings (SSSR count). The van der Waals surface area contributed by atoms with Crippen LogP contribution in [0.25, 0.3) is 5.57 Å². The summed E-state index contributed by atoms with van der Waals surface area (Å²) in [5, 5.41) is 0. The number of nitrogens with zero attached hydrogens (tertiary/aromatic N) is 4. The lowest BCUT2D eigenvalue weighted by molar-refractivity contribution is -0.120. The monoisotopic (exact) mass is 420 g/mol. The van der Waals surface area contributed by atoms with Gasteiger partial charge >= 0.3 is 0 Å². The molecule has 0 radical (unpaired) electrons. The lowest BCUT2D eigenvalue weighted by Crippen LogP contribution is -2.46. The van der Waals surface area contributed by atoms with Crippen molar-refractivity contribution < 1.29 is 14.3 Å². The van der Waals surface area contributed by atoms with E-state index in [1.807, 2.05) is 72.4 Å². The van der Waals surface area contributed by atoms with Crippen molar-refractivity contribution in [2.24, 2.45) is 0 Å². The zero-order valence-corrected chi connectivity index (χ0v) is 18.5. The van der Waals surface area contributed by atoms with Crippen LogP contribution >= 0.6 is 0 Å². The Bertz CT molecular complexity index is 1000. The second-order valence-corrected chi connectivity index (χ2v) is 8.10. The van der Waals surface area contributed by atoms with Crippen LogP contribution in [0, 0.1) is 0 Å². The van der Waals surface area contributed by atoms with Crippen molar-refractivity contribution in [1.29, 1.82) is 0 Å². The first-order chi connectivity index (χ1) is 14.9. The van der Waals surface area contributed by atoms with Gasteiger partial charge in [-0.05, 0) is 49.0 Å². The molecule has 7 nitrogen and oxygen atoms in total. The second kappa shape index (κ2) is 8.43. The lowest BCUT2D eigenvalue weighted by atomic mass is 10.0. The molecule has 2 aliphatic rings. The number of benzene rings is 2. The summed E-state index contributed by atoms with van der Waals surface area (Å²) in [6.07, 6.45) is 0.